The van der Waals surface area contributed by atoms with E-state index in [1.54, 1.807) is 0 Å². The summed E-state index contributed by atoms with van der Waals surface area (Å²) in [6.45, 7) is 4.71. The maximum atomic E-state index is 9.78. The van der Waals surface area contributed by atoms with Gasteiger partial charge in [0.25, 0.3) is 0 Å². The summed E-state index contributed by atoms with van der Waals surface area (Å²) in [6, 6.07) is 0. The number of ether oxygens (including phenoxy) is 1. The lowest BCUT2D eigenvalue weighted by atomic mass is 9.98. The van der Waals surface area contributed by atoms with Crippen LogP contribution >= 0.6 is 0 Å². The summed E-state index contributed by atoms with van der Waals surface area (Å²) in [4.78, 5) is 18.2. The van der Waals surface area contributed by atoms with E-state index in [0.29, 0.717) is 19.3 Å². The first kappa shape index (κ1) is 21.4. The summed E-state index contributed by atoms with van der Waals surface area (Å²) in [5.74, 6) is -1.01. The van der Waals surface area contributed by atoms with Crippen LogP contribution in [0.1, 0.15) is 46.0 Å². The molecule has 132 valence electrons. The van der Waals surface area contributed by atoms with E-state index < -0.39 is 18.0 Å². The third-order valence-corrected chi connectivity index (χ3v) is 3.40. The minimum atomic E-state index is -1.82. The molecule has 0 amide bonds. The Labute approximate surface area is 137 Å². The fourth-order valence-electron chi connectivity index (χ4n) is 1.96. The molecule has 23 heavy (non-hydrogen) atoms. The highest BCUT2D eigenvalue weighted by Gasteiger charge is 2.18. The second-order valence-electron chi connectivity index (χ2n) is 6.01. The number of carboxylic acids is 2. The van der Waals surface area contributed by atoms with Crippen molar-refractivity contribution in [3.63, 3.8) is 0 Å². The molecule has 1 rings (SSSR count). The van der Waals surface area contributed by atoms with Gasteiger partial charge in [0, 0.05) is 6.54 Å². The Balaban J connectivity index is 0.000000688. The molecular formula is C16H27NO6. The van der Waals surface area contributed by atoms with Gasteiger partial charge in [-0.25, -0.2) is 9.59 Å². The summed E-state index contributed by atoms with van der Waals surface area (Å²) >= 11 is 0. The standard InChI is InChI=1S/C14H25NO2.C2H2O4/c1-4-14(2,3)15-10-12(16)11-17-13-8-6-5-7-9-13;3-1(4)2(5)6/h1,12-13,15-16H,5-11H2,2-3H3;(H,3,4)(H,5,6). The van der Waals surface area contributed by atoms with Gasteiger partial charge >= 0.3 is 11.9 Å². The van der Waals surface area contributed by atoms with Crippen molar-refractivity contribution in [3.8, 4) is 12.3 Å². The fourth-order valence-corrected chi connectivity index (χ4v) is 1.96. The van der Waals surface area contributed by atoms with Crippen LogP contribution in [0.2, 0.25) is 0 Å². The minimum absolute atomic E-state index is 0.346. The van der Waals surface area contributed by atoms with Crippen molar-refractivity contribution in [1.29, 1.82) is 0 Å². The number of aliphatic carboxylic acids is 2. The maximum Gasteiger partial charge on any atom is 0.414 e. The molecule has 0 heterocycles. The summed E-state index contributed by atoms with van der Waals surface area (Å²) in [6.07, 6.45) is 11.3. The molecule has 0 saturated heterocycles. The Hall–Kier alpha value is -1.62. The highest BCUT2D eigenvalue weighted by atomic mass is 16.5. The summed E-state index contributed by atoms with van der Waals surface area (Å²) < 4.78 is 5.70. The summed E-state index contributed by atoms with van der Waals surface area (Å²) in [7, 11) is 0. The van der Waals surface area contributed by atoms with Crippen LogP contribution in [0.4, 0.5) is 0 Å². The Morgan fingerprint density at radius 1 is 1.26 bits per heavy atom. The number of β-amino-alcohol motifs (C(OH)–C–C–N with tert-alkyl or cyclic N) is 1. The normalized spacial score (nSPS) is 16.6. The number of hydrogen-bond acceptors (Lipinski definition) is 5. The molecule has 1 aliphatic carbocycles. The number of aliphatic hydroxyl groups is 1. The lowest BCUT2D eigenvalue weighted by Gasteiger charge is -2.25. The van der Waals surface area contributed by atoms with E-state index in [1.807, 2.05) is 13.8 Å². The van der Waals surface area contributed by atoms with Crippen molar-refractivity contribution >= 4 is 11.9 Å². The lowest BCUT2D eigenvalue weighted by molar-refractivity contribution is -0.159. The van der Waals surface area contributed by atoms with Crippen LogP contribution in [0.3, 0.4) is 0 Å². The molecule has 0 spiro atoms. The average molecular weight is 329 g/mol. The fraction of sp³-hybridized carbons (Fsp3) is 0.750. The van der Waals surface area contributed by atoms with Crippen molar-refractivity contribution in [2.75, 3.05) is 13.2 Å². The molecular weight excluding hydrogens is 302 g/mol. The van der Waals surface area contributed by atoms with Crippen LogP contribution in [-0.4, -0.2) is 58.2 Å². The second-order valence-corrected chi connectivity index (χ2v) is 6.01. The van der Waals surface area contributed by atoms with Crippen LogP contribution in [0.15, 0.2) is 0 Å². The average Bonchev–Trinajstić information content (AvgIpc) is 2.52. The van der Waals surface area contributed by atoms with Gasteiger partial charge in [-0.1, -0.05) is 25.2 Å². The highest BCUT2D eigenvalue weighted by molar-refractivity contribution is 6.27. The molecule has 7 heteroatoms. The molecule has 1 saturated carbocycles. The summed E-state index contributed by atoms with van der Waals surface area (Å²) in [5.41, 5.74) is -0.369. The van der Waals surface area contributed by atoms with E-state index in [2.05, 4.69) is 11.2 Å². The first-order valence-electron chi connectivity index (χ1n) is 7.66. The van der Waals surface area contributed by atoms with Crippen LogP contribution in [0.25, 0.3) is 0 Å². The van der Waals surface area contributed by atoms with E-state index in [4.69, 9.17) is 31.0 Å². The zero-order valence-corrected chi connectivity index (χ0v) is 13.7. The van der Waals surface area contributed by atoms with Gasteiger partial charge in [0.1, 0.15) is 0 Å². The Morgan fingerprint density at radius 2 is 1.78 bits per heavy atom. The zero-order chi connectivity index (χ0) is 17.9. The number of aliphatic hydroxyl groups excluding tert-OH is 1. The van der Waals surface area contributed by atoms with Gasteiger partial charge in [0.2, 0.25) is 0 Å². The Kier molecular flexibility index (Phi) is 10.2. The van der Waals surface area contributed by atoms with Crippen molar-refractivity contribution in [1.82, 2.24) is 5.32 Å². The molecule has 1 aliphatic rings. The van der Waals surface area contributed by atoms with E-state index >= 15 is 0 Å². The van der Waals surface area contributed by atoms with Gasteiger partial charge in [-0.3, -0.25) is 5.32 Å². The first-order chi connectivity index (χ1) is 10.7. The lowest BCUT2D eigenvalue weighted by Crippen LogP contribution is -2.43. The van der Waals surface area contributed by atoms with E-state index in [9.17, 15) is 5.11 Å². The van der Waals surface area contributed by atoms with Crippen LogP contribution in [-0.2, 0) is 14.3 Å². The molecule has 0 radical (unpaired) electrons. The number of terminal acetylenes is 1. The zero-order valence-electron chi connectivity index (χ0n) is 13.7. The number of carbonyl (C=O) groups is 2. The molecule has 1 unspecified atom stereocenters. The molecule has 0 bridgehead atoms. The van der Waals surface area contributed by atoms with Gasteiger partial charge in [-0.05, 0) is 26.7 Å². The molecule has 1 atom stereocenters. The van der Waals surface area contributed by atoms with Crippen molar-refractivity contribution in [2.24, 2.45) is 0 Å². The maximum absolute atomic E-state index is 9.78. The van der Waals surface area contributed by atoms with Gasteiger partial charge < -0.3 is 20.1 Å². The first-order valence-corrected chi connectivity index (χ1v) is 7.66. The van der Waals surface area contributed by atoms with E-state index in [0.717, 1.165) is 12.8 Å². The minimum Gasteiger partial charge on any atom is -0.473 e. The smallest absolute Gasteiger partial charge is 0.414 e. The van der Waals surface area contributed by atoms with Crippen LogP contribution in [0, 0.1) is 12.3 Å². The van der Waals surface area contributed by atoms with Gasteiger partial charge in [-0.15, -0.1) is 6.42 Å². The molecule has 0 aromatic rings. The third-order valence-electron chi connectivity index (χ3n) is 3.40. The number of hydrogen-bond donors (Lipinski definition) is 4. The molecule has 0 aromatic heterocycles. The van der Waals surface area contributed by atoms with Crippen molar-refractivity contribution in [2.45, 2.75) is 63.7 Å². The largest absolute Gasteiger partial charge is 0.473 e. The predicted molar refractivity (Wildman–Crippen MR) is 85.0 cm³/mol. The van der Waals surface area contributed by atoms with Crippen LogP contribution < -0.4 is 5.32 Å². The predicted octanol–water partition coefficient (Wildman–Crippen LogP) is 0.854. The molecule has 0 aliphatic heterocycles. The Bertz CT molecular complexity index is 397. The SMILES string of the molecule is C#CC(C)(C)NCC(O)COC1CCCCC1.O=C(O)C(=O)O. The quantitative estimate of drug-likeness (QED) is 0.422. The second kappa shape index (κ2) is 11.0. The highest BCUT2D eigenvalue weighted by Crippen LogP contribution is 2.20. The number of rotatable bonds is 6. The van der Waals surface area contributed by atoms with Gasteiger partial charge in [0.15, 0.2) is 0 Å². The third kappa shape index (κ3) is 11.6. The molecule has 7 nitrogen and oxygen atoms in total. The molecule has 1 fully saturated rings. The van der Waals surface area contributed by atoms with E-state index in [1.165, 1.54) is 19.3 Å². The van der Waals surface area contributed by atoms with E-state index in [-0.39, 0.29) is 5.54 Å². The molecule has 0 aromatic carbocycles. The van der Waals surface area contributed by atoms with Crippen molar-refractivity contribution in [3.05, 3.63) is 0 Å². The molecule has 4 N–H and O–H groups in total. The summed E-state index contributed by atoms with van der Waals surface area (Å²) in [5, 5.41) is 27.7. The Morgan fingerprint density at radius 3 is 2.22 bits per heavy atom. The number of carboxylic acid groups (broad SMARTS) is 2. The monoisotopic (exact) mass is 329 g/mol. The van der Waals surface area contributed by atoms with Gasteiger partial charge in [0.05, 0.1) is 24.4 Å². The van der Waals surface area contributed by atoms with Gasteiger partial charge in [-0.2, -0.15) is 0 Å². The topological polar surface area (TPSA) is 116 Å². The van der Waals surface area contributed by atoms with Crippen molar-refractivity contribution < 1.29 is 29.6 Å². The van der Waals surface area contributed by atoms with Crippen LogP contribution in [0.5, 0.6) is 0 Å². The number of nitrogens with one attached hydrogen (secondary N) is 1.